The maximum Gasteiger partial charge on any atom is 0.224 e. The second kappa shape index (κ2) is 9.51. The highest BCUT2D eigenvalue weighted by atomic mass is 19.2. The number of benzene rings is 1. The Morgan fingerprint density at radius 3 is 2.57 bits per heavy atom. The quantitative estimate of drug-likeness (QED) is 0.304. The summed E-state index contributed by atoms with van der Waals surface area (Å²) < 4.78 is 40.3. The van der Waals surface area contributed by atoms with Crippen LogP contribution in [0.3, 0.4) is 0 Å². The maximum atomic E-state index is 13.8. The summed E-state index contributed by atoms with van der Waals surface area (Å²) in [6.45, 7) is 10.1. The van der Waals surface area contributed by atoms with Crippen LogP contribution in [0.5, 0.6) is 0 Å². The molecule has 2 rings (SSSR count). The molecule has 4 N–H and O–H groups in total. The molecule has 1 amide bonds. The molecule has 1 saturated heterocycles. The Kier molecular flexibility index (Phi) is 7.52. The summed E-state index contributed by atoms with van der Waals surface area (Å²) in [5.41, 5.74) is 11.8. The van der Waals surface area contributed by atoms with Crippen molar-refractivity contribution in [1.29, 1.82) is 0 Å². The number of halogens is 3. The van der Waals surface area contributed by atoms with Crippen LogP contribution in [0, 0.1) is 17.5 Å². The Balaban J connectivity index is 2.07. The standard InChI is InChI=1S/C21H30F3N5O/c1-5-29(21(2,3)4)27-20(26)18-7-6-8-28(18)19(30)11-14(25)9-13-10-16(23)17(24)12-15(13)22/h5,10,12,14,18H,1,6-9,11,25H2,2-4H3,(H2,26,27)/t14-,18+/m1/s1. The molecular formula is C21H30F3N5O. The fraction of sp³-hybridized carbons (Fsp3) is 0.524. The van der Waals surface area contributed by atoms with Gasteiger partial charge in [-0.2, -0.15) is 5.10 Å². The van der Waals surface area contributed by atoms with E-state index in [0.29, 0.717) is 24.9 Å². The molecule has 166 valence electrons. The number of hydrogen-bond donors (Lipinski definition) is 2. The summed E-state index contributed by atoms with van der Waals surface area (Å²) in [7, 11) is 0. The summed E-state index contributed by atoms with van der Waals surface area (Å²) in [5.74, 6) is -3.25. The highest BCUT2D eigenvalue weighted by Gasteiger charge is 2.33. The van der Waals surface area contributed by atoms with Crippen LogP contribution in [0.4, 0.5) is 13.2 Å². The van der Waals surface area contributed by atoms with Crippen molar-refractivity contribution < 1.29 is 18.0 Å². The molecule has 0 unspecified atom stereocenters. The minimum atomic E-state index is -1.26. The van der Waals surface area contributed by atoms with Gasteiger partial charge in [0, 0.05) is 31.3 Å². The average Bonchev–Trinajstić information content (AvgIpc) is 3.13. The first-order valence-corrected chi connectivity index (χ1v) is 9.88. The molecule has 6 nitrogen and oxygen atoms in total. The number of likely N-dealkylation sites (tertiary alicyclic amines) is 1. The van der Waals surface area contributed by atoms with Crippen molar-refractivity contribution in [2.24, 2.45) is 16.6 Å². The number of nitrogens with zero attached hydrogens (tertiary/aromatic N) is 3. The lowest BCUT2D eigenvalue weighted by atomic mass is 10.0. The van der Waals surface area contributed by atoms with Gasteiger partial charge in [0.2, 0.25) is 5.91 Å². The smallest absolute Gasteiger partial charge is 0.224 e. The first-order chi connectivity index (χ1) is 13.9. The first kappa shape index (κ1) is 23.7. The molecule has 9 heteroatoms. The van der Waals surface area contributed by atoms with Gasteiger partial charge in [0.15, 0.2) is 11.6 Å². The first-order valence-electron chi connectivity index (χ1n) is 9.88. The van der Waals surface area contributed by atoms with Crippen LogP contribution < -0.4 is 11.5 Å². The van der Waals surface area contributed by atoms with Gasteiger partial charge >= 0.3 is 0 Å². The van der Waals surface area contributed by atoms with Gasteiger partial charge in [-0.15, -0.1) is 0 Å². The van der Waals surface area contributed by atoms with Crippen LogP contribution in [0.15, 0.2) is 30.0 Å². The van der Waals surface area contributed by atoms with Gasteiger partial charge in [-0.1, -0.05) is 6.58 Å². The van der Waals surface area contributed by atoms with Gasteiger partial charge in [0.1, 0.15) is 11.7 Å². The molecule has 1 aliphatic rings. The predicted molar refractivity (Wildman–Crippen MR) is 111 cm³/mol. The molecule has 1 heterocycles. The fourth-order valence-corrected chi connectivity index (χ4v) is 3.44. The summed E-state index contributed by atoms with van der Waals surface area (Å²) >= 11 is 0. The Morgan fingerprint density at radius 2 is 1.97 bits per heavy atom. The van der Waals surface area contributed by atoms with Gasteiger partial charge in [-0.05, 0) is 51.7 Å². The number of hydrazone groups is 1. The highest BCUT2D eigenvalue weighted by molar-refractivity contribution is 5.91. The van der Waals surface area contributed by atoms with Crippen molar-refractivity contribution in [2.75, 3.05) is 6.54 Å². The van der Waals surface area contributed by atoms with E-state index in [1.54, 1.807) is 16.1 Å². The summed E-state index contributed by atoms with van der Waals surface area (Å²) in [5, 5.41) is 6.05. The van der Waals surface area contributed by atoms with E-state index in [4.69, 9.17) is 11.5 Å². The normalized spacial score (nSPS) is 18.4. The number of hydrogen-bond acceptors (Lipinski definition) is 4. The van der Waals surface area contributed by atoms with Gasteiger partial charge in [0.05, 0.1) is 11.6 Å². The summed E-state index contributed by atoms with van der Waals surface area (Å²) in [6.07, 6.45) is 2.84. The molecule has 1 fully saturated rings. The fourth-order valence-electron chi connectivity index (χ4n) is 3.44. The molecule has 2 atom stereocenters. The van der Waals surface area contributed by atoms with Crippen LogP contribution in [0.25, 0.3) is 0 Å². The van der Waals surface area contributed by atoms with Crippen molar-refractivity contribution >= 4 is 11.7 Å². The van der Waals surface area contributed by atoms with Crippen LogP contribution in [0.1, 0.15) is 45.6 Å². The molecule has 1 aliphatic heterocycles. The lowest BCUT2D eigenvalue weighted by molar-refractivity contribution is -0.131. The Bertz CT molecular complexity index is 822. The SMILES string of the molecule is C=CN(/N=C(\N)[C@@H]1CCCN1C(=O)C[C@H](N)Cc1cc(F)c(F)cc1F)C(C)(C)C. The molecule has 30 heavy (non-hydrogen) atoms. The van der Waals surface area contributed by atoms with Crippen LogP contribution >= 0.6 is 0 Å². The van der Waals surface area contributed by atoms with Gasteiger partial charge in [0.25, 0.3) is 0 Å². The van der Waals surface area contributed by atoms with Gasteiger partial charge in [-0.3, -0.25) is 9.80 Å². The number of carbonyl (C=O) groups excluding carboxylic acids is 1. The summed E-state index contributed by atoms with van der Waals surface area (Å²) in [4.78, 5) is 14.4. The number of rotatable bonds is 7. The minimum absolute atomic E-state index is 0.0694. The Morgan fingerprint density at radius 1 is 1.33 bits per heavy atom. The second-order valence-electron chi connectivity index (χ2n) is 8.49. The topological polar surface area (TPSA) is 88.0 Å². The van der Waals surface area contributed by atoms with E-state index in [-0.39, 0.29) is 35.9 Å². The van der Waals surface area contributed by atoms with E-state index < -0.39 is 23.5 Å². The molecule has 0 saturated carbocycles. The molecule has 0 spiro atoms. The lowest BCUT2D eigenvalue weighted by Crippen LogP contribution is -2.47. The average molecular weight is 425 g/mol. The van der Waals surface area contributed by atoms with E-state index in [0.717, 1.165) is 12.5 Å². The predicted octanol–water partition coefficient (Wildman–Crippen LogP) is 2.87. The number of nitrogens with two attached hydrogens (primary N) is 2. The van der Waals surface area contributed by atoms with Crippen molar-refractivity contribution in [1.82, 2.24) is 9.91 Å². The van der Waals surface area contributed by atoms with E-state index in [9.17, 15) is 18.0 Å². The van der Waals surface area contributed by atoms with Crippen molar-refractivity contribution in [3.05, 3.63) is 47.9 Å². The molecular weight excluding hydrogens is 395 g/mol. The number of amides is 1. The third-order valence-corrected chi connectivity index (χ3v) is 5.01. The minimum Gasteiger partial charge on any atom is -0.384 e. The van der Waals surface area contributed by atoms with Crippen LogP contribution in [-0.2, 0) is 11.2 Å². The van der Waals surface area contributed by atoms with Gasteiger partial charge in [-0.25, -0.2) is 13.2 Å². The zero-order valence-corrected chi connectivity index (χ0v) is 17.7. The van der Waals surface area contributed by atoms with E-state index in [1.165, 1.54) is 0 Å². The maximum absolute atomic E-state index is 13.8. The van der Waals surface area contributed by atoms with Crippen LogP contribution in [-0.4, -0.2) is 45.8 Å². The molecule has 0 aliphatic carbocycles. The zero-order chi connectivity index (χ0) is 22.6. The van der Waals surface area contributed by atoms with E-state index in [1.807, 2.05) is 20.8 Å². The van der Waals surface area contributed by atoms with Crippen molar-refractivity contribution in [3.63, 3.8) is 0 Å². The number of carbonyl (C=O) groups is 1. The molecule has 1 aromatic rings. The third-order valence-electron chi connectivity index (χ3n) is 5.01. The molecule has 0 radical (unpaired) electrons. The monoisotopic (exact) mass is 425 g/mol. The van der Waals surface area contributed by atoms with Crippen LogP contribution in [0.2, 0.25) is 0 Å². The number of amidine groups is 1. The Hall–Kier alpha value is -2.55. The van der Waals surface area contributed by atoms with Crippen molar-refractivity contribution in [3.8, 4) is 0 Å². The zero-order valence-electron chi connectivity index (χ0n) is 17.7. The lowest BCUT2D eigenvalue weighted by Gasteiger charge is -2.32. The molecule has 0 bridgehead atoms. The highest BCUT2D eigenvalue weighted by Crippen LogP contribution is 2.22. The molecule has 1 aromatic carbocycles. The summed E-state index contributed by atoms with van der Waals surface area (Å²) in [6, 6.07) is 0.132. The van der Waals surface area contributed by atoms with E-state index >= 15 is 0 Å². The van der Waals surface area contributed by atoms with E-state index in [2.05, 4.69) is 11.7 Å². The van der Waals surface area contributed by atoms with Gasteiger partial charge < -0.3 is 16.4 Å². The third kappa shape index (κ3) is 5.75. The largest absolute Gasteiger partial charge is 0.384 e. The molecule has 0 aromatic heterocycles. The Labute approximate surface area is 175 Å². The van der Waals surface area contributed by atoms with Crippen molar-refractivity contribution in [2.45, 2.75) is 64.1 Å². The second-order valence-corrected chi connectivity index (χ2v) is 8.49.